The van der Waals surface area contributed by atoms with E-state index in [2.05, 4.69) is 5.32 Å². The first kappa shape index (κ1) is 19.9. The van der Waals surface area contributed by atoms with Crippen LogP contribution in [0.25, 0.3) is 0 Å². The second kappa shape index (κ2) is 8.04. The van der Waals surface area contributed by atoms with Gasteiger partial charge in [0.2, 0.25) is 10.0 Å². The lowest BCUT2D eigenvalue weighted by Crippen LogP contribution is -2.47. The Morgan fingerprint density at radius 1 is 1.37 bits per heavy atom. The topological polar surface area (TPSA) is 88.2 Å². The van der Waals surface area contributed by atoms with E-state index in [0.29, 0.717) is 31.1 Å². The van der Waals surface area contributed by atoms with Gasteiger partial charge in [0.1, 0.15) is 5.75 Å². The van der Waals surface area contributed by atoms with Crippen molar-refractivity contribution in [3.63, 3.8) is 0 Å². The van der Waals surface area contributed by atoms with Crippen molar-refractivity contribution in [2.75, 3.05) is 44.4 Å². The summed E-state index contributed by atoms with van der Waals surface area (Å²) >= 11 is 0. The summed E-state index contributed by atoms with van der Waals surface area (Å²) in [6, 6.07) is 6.48. The zero-order valence-corrected chi connectivity index (χ0v) is 16.7. The highest BCUT2D eigenvalue weighted by molar-refractivity contribution is 7.89. The minimum absolute atomic E-state index is 0.0112. The van der Waals surface area contributed by atoms with E-state index in [0.717, 1.165) is 0 Å². The Bertz CT molecular complexity index is 783. The van der Waals surface area contributed by atoms with E-state index in [9.17, 15) is 13.2 Å². The number of ether oxygens (including phenoxy) is 2. The molecule has 2 saturated heterocycles. The Morgan fingerprint density at radius 3 is 2.85 bits per heavy atom. The number of sulfonamides is 1. The van der Waals surface area contributed by atoms with Crippen LogP contribution in [0.5, 0.6) is 5.75 Å². The molecule has 0 bridgehead atoms. The van der Waals surface area contributed by atoms with Crippen molar-refractivity contribution < 1.29 is 22.7 Å². The summed E-state index contributed by atoms with van der Waals surface area (Å²) in [5.74, 6) is 0.832. The molecule has 1 aromatic carbocycles. The standard InChI is InChI=1S/C18H27N3O5S/c1-13(2)10-21-16-11-20(12-17(16)26-7-8-27(21,23)24)18(22)19-14-5-4-6-15(9-14)25-3/h4-6,9,13,16-17H,7-8,10-12H2,1-3H3,(H,19,22)/t16-,17+/m1/s1. The highest BCUT2D eigenvalue weighted by atomic mass is 32.2. The summed E-state index contributed by atoms with van der Waals surface area (Å²) < 4.78 is 37.7. The van der Waals surface area contributed by atoms with Gasteiger partial charge in [0, 0.05) is 24.8 Å². The van der Waals surface area contributed by atoms with Gasteiger partial charge in [-0.3, -0.25) is 0 Å². The number of hydrogen-bond donors (Lipinski definition) is 1. The average molecular weight is 397 g/mol. The fourth-order valence-corrected chi connectivity index (χ4v) is 5.19. The van der Waals surface area contributed by atoms with Gasteiger partial charge in [-0.15, -0.1) is 0 Å². The Morgan fingerprint density at radius 2 is 2.15 bits per heavy atom. The molecular formula is C18H27N3O5S. The number of nitrogens with zero attached hydrogens (tertiary/aromatic N) is 2. The number of hydrogen-bond acceptors (Lipinski definition) is 5. The van der Waals surface area contributed by atoms with Gasteiger partial charge in [0.25, 0.3) is 0 Å². The number of rotatable bonds is 4. The molecule has 150 valence electrons. The zero-order chi connectivity index (χ0) is 19.6. The van der Waals surface area contributed by atoms with Crippen molar-refractivity contribution in [1.82, 2.24) is 9.21 Å². The molecule has 2 amide bonds. The number of urea groups is 1. The third-order valence-corrected chi connectivity index (χ3v) is 6.61. The zero-order valence-electron chi connectivity index (χ0n) is 15.9. The molecule has 8 nitrogen and oxygen atoms in total. The largest absolute Gasteiger partial charge is 0.497 e. The number of methoxy groups -OCH3 is 1. The van der Waals surface area contributed by atoms with Gasteiger partial charge >= 0.3 is 6.03 Å². The third kappa shape index (κ3) is 4.53. The van der Waals surface area contributed by atoms with Crippen LogP contribution in [-0.4, -0.2) is 74.9 Å². The van der Waals surface area contributed by atoms with Gasteiger partial charge in [0.15, 0.2) is 0 Å². The predicted molar refractivity (Wildman–Crippen MR) is 102 cm³/mol. The fraction of sp³-hybridized carbons (Fsp3) is 0.611. The molecule has 2 aliphatic rings. The van der Waals surface area contributed by atoms with Gasteiger partial charge in [-0.25, -0.2) is 13.2 Å². The summed E-state index contributed by atoms with van der Waals surface area (Å²) in [6.45, 7) is 5.23. The number of benzene rings is 1. The van der Waals surface area contributed by atoms with E-state index in [1.165, 1.54) is 4.31 Å². The van der Waals surface area contributed by atoms with Crippen LogP contribution in [0.1, 0.15) is 13.8 Å². The molecule has 3 rings (SSSR count). The Labute approximate surface area is 160 Å². The van der Waals surface area contributed by atoms with Crippen LogP contribution in [0, 0.1) is 5.92 Å². The third-order valence-electron chi connectivity index (χ3n) is 4.79. The van der Waals surface area contributed by atoms with Gasteiger partial charge in [-0.05, 0) is 18.1 Å². The molecule has 2 heterocycles. The molecule has 2 fully saturated rings. The molecule has 1 aromatic rings. The van der Waals surface area contributed by atoms with Crippen LogP contribution in [0.3, 0.4) is 0 Å². The van der Waals surface area contributed by atoms with E-state index >= 15 is 0 Å². The maximum absolute atomic E-state index is 12.7. The number of carbonyl (C=O) groups excluding carboxylic acids is 1. The first-order valence-electron chi connectivity index (χ1n) is 9.11. The van der Waals surface area contributed by atoms with Crippen molar-refractivity contribution in [1.29, 1.82) is 0 Å². The lowest BCUT2D eigenvalue weighted by atomic mass is 10.1. The van der Waals surface area contributed by atoms with Crippen LogP contribution >= 0.6 is 0 Å². The summed E-state index contributed by atoms with van der Waals surface area (Å²) in [7, 11) is -1.83. The molecule has 0 saturated carbocycles. The highest BCUT2D eigenvalue weighted by Gasteiger charge is 2.45. The Kier molecular flexibility index (Phi) is 5.92. The van der Waals surface area contributed by atoms with Crippen molar-refractivity contribution in [2.45, 2.75) is 26.0 Å². The number of fused-ring (bicyclic) bond motifs is 1. The van der Waals surface area contributed by atoms with Gasteiger partial charge in [-0.2, -0.15) is 4.31 Å². The molecule has 0 radical (unpaired) electrons. The Hall–Kier alpha value is -1.84. The minimum Gasteiger partial charge on any atom is -0.497 e. The lowest BCUT2D eigenvalue weighted by Gasteiger charge is -2.29. The molecule has 2 atom stereocenters. The molecular weight excluding hydrogens is 370 g/mol. The van der Waals surface area contributed by atoms with Crippen LogP contribution in [-0.2, 0) is 14.8 Å². The number of carbonyl (C=O) groups is 1. The van der Waals surface area contributed by atoms with E-state index in [-0.39, 0.29) is 36.5 Å². The SMILES string of the molecule is COc1cccc(NC(=O)N2C[C@@H]3OCCS(=O)(=O)N(CC(C)C)[C@@H]3C2)c1. The summed E-state index contributed by atoms with van der Waals surface area (Å²) in [4.78, 5) is 14.3. The van der Waals surface area contributed by atoms with Crippen LogP contribution in [0.2, 0.25) is 0 Å². The van der Waals surface area contributed by atoms with Crippen molar-refractivity contribution >= 4 is 21.7 Å². The number of anilines is 1. The quantitative estimate of drug-likeness (QED) is 0.834. The first-order valence-corrected chi connectivity index (χ1v) is 10.7. The second-order valence-corrected chi connectivity index (χ2v) is 9.36. The normalized spacial score (nSPS) is 25.1. The van der Waals surface area contributed by atoms with E-state index in [1.54, 1.807) is 36.3 Å². The van der Waals surface area contributed by atoms with Crippen LogP contribution in [0.15, 0.2) is 24.3 Å². The van der Waals surface area contributed by atoms with E-state index < -0.39 is 10.0 Å². The van der Waals surface area contributed by atoms with Gasteiger partial charge < -0.3 is 19.7 Å². The summed E-state index contributed by atoms with van der Waals surface area (Å²) in [5.41, 5.74) is 0.624. The predicted octanol–water partition coefficient (Wildman–Crippen LogP) is 1.60. The van der Waals surface area contributed by atoms with Gasteiger partial charge in [0.05, 0.1) is 38.2 Å². The fourth-order valence-electron chi connectivity index (χ4n) is 3.50. The first-order chi connectivity index (χ1) is 12.8. The summed E-state index contributed by atoms with van der Waals surface area (Å²) in [6.07, 6.45) is -0.308. The molecule has 0 aromatic heterocycles. The maximum Gasteiger partial charge on any atom is 0.321 e. The summed E-state index contributed by atoms with van der Waals surface area (Å²) in [5, 5.41) is 2.84. The molecule has 2 aliphatic heterocycles. The van der Waals surface area contributed by atoms with Crippen molar-refractivity contribution in [3.05, 3.63) is 24.3 Å². The second-order valence-electron chi connectivity index (χ2n) is 7.32. The average Bonchev–Trinajstić information content (AvgIpc) is 2.99. The minimum atomic E-state index is -3.39. The van der Waals surface area contributed by atoms with E-state index in [1.807, 2.05) is 13.8 Å². The molecule has 1 N–H and O–H groups in total. The van der Waals surface area contributed by atoms with Crippen molar-refractivity contribution in [2.24, 2.45) is 5.92 Å². The maximum atomic E-state index is 12.7. The molecule has 0 spiro atoms. The van der Waals surface area contributed by atoms with Crippen LogP contribution in [0.4, 0.5) is 10.5 Å². The Balaban J connectivity index is 1.74. The highest BCUT2D eigenvalue weighted by Crippen LogP contribution is 2.27. The molecule has 0 unspecified atom stereocenters. The lowest BCUT2D eigenvalue weighted by molar-refractivity contribution is 0.0468. The number of nitrogens with one attached hydrogen (secondary N) is 1. The van der Waals surface area contributed by atoms with Gasteiger partial charge in [-0.1, -0.05) is 19.9 Å². The van der Waals surface area contributed by atoms with Crippen LogP contribution < -0.4 is 10.1 Å². The number of amides is 2. The van der Waals surface area contributed by atoms with Crippen molar-refractivity contribution in [3.8, 4) is 5.75 Å². The molecule has 9 heteroatoms. The molecule has 27 heavy (non-hydrogen) atoms. The molecule has 0 aliphatic carbocycles. The smallest absolute Gasteiger partial charge is 0.321 e. The monoisotopic (exact) mass is 397 g/mol. The number of likely N-dealkylation sites (tertiary alicyclic amines) is 1. The van der Waals surface area contributed by atoms with E-state index in [4.69, 9.17) is 9.47 Å².